The summed E-state index contributed by atoms with van der Waals surface area (Å²) in [5.41, 5.74) is 1.18. The third-order valence-corrected chi connectivity index (χ3v) is 3.44. The molecule has 1 aromatic heterocycles. The van der Waals surface area contributed by atoms with E-state index in [1.807, 2.05) is 49.3 Å². The lowest BCUT2D eigenvalue weighted by atomic mass is 9.99. The van der Waals surface area contributed by atoms with Crippen LogP contribution in [-0.2, 0) is 18.2 Å². The van der Waals surface area contributed by atoms with E-state index < -0.39 is 0 Å². The average Bonchev–Trinajstić information content (AvgIpc) is 2.85. The number of likely N-dealkylation sites (N-methyl/N-ethyl adjacent to an activating group) is 1. The quantitative estimate of drug-likeness (QED) is 0.861. The molecule has 0 amide bonds. The van der Waals surface area contributed by atoms with Crippen molar-refractivity contribution in [2.75, 3.05) is 14.2 Å². The standard InChI is InChI=1S/C15H21N3O/c1-16-13(11-14-17-9-10-18(14)2)15(19-3)12-7-5-4-6-8-12/h4-10,13,15-16H,11H2,1-3H3. The molecule has 102 valence electrons. The van der Waals surface area contributed by atoms with Gasteiger partial charge in [-0.2, -0.15) is 0 Å². The SMILES string of the molecule is CNC(Cc1nccn1C)C(OC)c1ccccc1. The second-order valence-corrected chi connectivity index (χ2v) is 4.62. The Morgan fingerprint density at radius 3 is 2.58 bits per heavy atom. The molecule has 1 aromatic carbocycles. The van der Waals surface area contributed by atoms with Crippen LogP contribution in [-0.4, -0.2) is 29.8 Å². The number of hydrogen-bond donors (Lipinski definition) is 1. The van der Waals surface area contributed by atoms with Crippen LogP contribution in [0.25, 0.3) is 0 Å². The zero-order valence-electron chi connectivity index (χ0n) is 11.7. The molecule has 1 N–H and O–H groups in total. The van der Waals surface area contributed by atoms with Crippen LogP contribution in [0.4, 0.5) is 0 Å². The van der Waals surface area contributed by atoms with Crippen molar-refractivity contribution < 1.29 is 4.74 Å². The molecule has 0 spiro atoms. The van der Waals surface area contributed by atoms with Crippen molar-refractivity contribution >= 4 is 0 Å². The highest BCUT2D eigenvalue weighted by atomic mass is 16.5. The highest BCUT2D eigenvalue weighted by Gasteiger charge is 2.23. The van der Waals surface area contributed by atoms with Crippen molar-refractivity contribution in [1.82, 2.24) is 14.9 Å². The van der Waals surface area contributed by atoms with Gasteiger partial charge in [-0.05, 0) is 12.6 Å². The Kier molecular flexibility index (Phi) is 4.71. The van der Waals surface area contributed by atoms with Gasteiger partial charge in [-0.1, -0.05) is 30.3 Å². The number of nitrogens with one attached hydrogen (secondary N) is 1. The maximum absolute atomic E-state index is 5.68. The number of rotatable bonds is 6. The smallest absolute Gasteiger partial charge is 0.110 e. The molecule has 2 unspecified atom stereocenters. The van der Waals surface area contributed by atoms with Crippen molar-refractivity contribution in [1.29, 1.82) is 0 Å². The lowest BCUT2D eigenvalue weighted by Crippen LogP contribution is -2.36. The number of methoxy groups -OCH3 is 1. The second-order valence-electron chi connectivity index (χ2n) is 4.62. The van der Waals surface area contributed by atoms with Crippen LogP contribution in [0.15, 0.2) is 42.7 Å². The lowest BCUT2D eigenvalue weighted by molar-refractivity contribution is 0.0695. The summed E-state index contributed by atoms with van der Waals surface area (Å²) in [6, 6.07) is 10.5. The molecule has 2 rings (SSSR count). The molecule has 2 aromatic rings. The van der Waals surface area contributed by atoms with Gasteiger partial charge in [0.05, 0.1) is 6.10 Å². The van der Waals surface area contributed by atoms with E-state index in [4.69, 9.17) is 4.74 Å². The summed E-state index contributed by atoms with van der Waals surface area (Å²) in [6.45, 7) is 0. The largest absolute Gasteiger partial charge is 0.375 e. The number of aryl methyl sites for hydroxylation is 1. The molecule has 0 fully saturated rings. The molecule has 19 heavy (non-hydrogen) atoms. The van der Waals surface area contributed by atoms with Crippen molar-refractivity contribution in [3.63, 3.8) is 0 Å². The van der Waals surface area contributed by atoms with Crippen LogP contribution in [0.1, 0.15) is 17.5 Å². The third-order valence-electron chi connectivity index (χ3n) is 3.44. The lowest BCUT2D eigenvalue weighted by Gasteiger charge is -2.26. The monoisotopic (exact) mass is 259 g/mol. The van der Waals surface area contributed by atoms with Gasteiger partial charge in [0.1, 0.15) is 5.82 Å². The maximum Gasteiger partial charge on any atom is 0.110 e. The zero-order chi connectivity index (χ0) is 13.7. The summed E-state index contributed by atoms with van der Waals surface area (Å²) >= 11 is 0. The minimum absolute atomic E-state index is 0.0166. The van der Waals surface area contributed by atoms with E-state index in [-0.39, 0.29) is 12.1 Å². The number of aromatic nitrogens is 2. The van der Waals surface area contributed by atoms with Gasteiger partial charge in [-0.15, -0.1) is 0 Å². The summed E-state index contributed by atoms with van der Waals surface area (Å²) < 4.78 is 7.72. The normalized spacial score (nSPS) is 14.3. The van der Waals surface area contributed by atoms with Crippen molar-refractivity contribution in [3.05, 3.63) is 54.1 Å². The fourth-order valence-electron chi connectivity index (χ4n) is 2.33. The summed E-state index contributed by atoms with van der Waals surface area (Å²) in [7, 11) is 5.72. The molecule has 1 heterocycles. The Hall–Kier alpha value is -1.65. The van der Waals surface area contributed by atoms with Gasteiger partial charge in [0.25, 0.3) is 0 Å². The molecule has 0 bridgehead atoms. The van der Waals surface area contributed by atoms with Crippen LogP contribution in [0.3, 0.4) is 0 Å². The molecule has 0 aliphatic heterocycles. The molecule has 4 heteroatoms. The number of ether oxygens (including phenoxy) is 1. The molecule has 0 aliphatic rings. The molecule has 2 atom stereocenters. The minimum atomic E-state index is 0.0166. The predicted molar refractivity (Wildman–Crippen MR) is 76.0 cm³/mol. The van der Waals surface area contributed by atoms with Crippen LogP contribution < -0.4 is 5.32 Å². The van der Waals surface area contributed by atoms with Crippen LogP contribution in [0.2, 0.25) is 0 Å². The maximum atomic E-state index is 5.68. The molecular weight excluding hydrogens is 238 g/mol. The Balaban J connectivity index is 2.17. The second kappa shape index (κ2) is 6.50. The topological polar surface area (TPSA) is 39.1 Å². The molecule has 0 saturated heterocycles. The van der Waals surface area contributed by atoms with Gasteiger partial charge >= 0.3 is 0 Å². The van der Waals surface area contributed by atoms with Gasteiger partial charge < -0.3 is 14.6 Å². The summed E-state index contributed by atoms with van der Waals surface area (Å²) in [5.74, 6) is 1.05. The Morgan fingerprint density at radius 2 is 2.05 bits per heavy atom. The van der Waals surface area contributed by atoms with Crippen molar-refractivity contribution in [2.24, 2.45) is 7.05 Å². The molecular formula is C15H21N3O. The van der Waals surface area contributed by atoms with Crippen LogP contribution in [0, 0.1) is 0 Å². The van der Waals surface area contributed by atoms with Crippen LogP contribution >= 0.6 is 0 Å². The molecule has 4 nitrogen and oxygen atoms in total. The minimum Gasteiger partial charge on any atom is -0.375 e. The first-order valence-corrected chi connectivity index (χ1v) is 6.47. The predicted octanol–water partition coefficient (Wildman–Crippen LogP) is 1.94. The van der Waals surface area contributed by atoms with E-state index in [2.05, 4.69) is 22.4 Å². The number of hydrogen-bond acceptors (Lipinski definition) is 3. The fraction of sp³-hybridized carbons (Fsp3) is 0.400. The van der Waals surface area contributed by atoms with E-state index in [1.54, 1.807) is 7.11 Å². The van der Waals surface area contributed by atoms with Crippen molar-refractivity contribution in [3.8, 4) is 0 Å². The highest BCUT2D eigenvalue weighted by molar-refractivity contribution is 5.19. The summed E-state index contributed by atoms with van der Waals surface area (Å²) in [4.78, 5) is 4.38. The Labute approximate surface area is 114 Å². The van der Waals surface area contributed by atoms with Gasteiger partial charge in [0, 0.05) is 39.0 Å². The Morgan fingerprint density at radius 1 is 1.32 bits per heavy atom. The first-order chi connectivity index (χ1) is 9.26. The van der Waals surface area contributed by atoms with Gasteiger partial charge in [-0.25, -0.2) is 4.98 Å². The van der Waals surface area contributed by atoms with E-state index in [0.717, 1.165) is 12.2 Å². The zero-order valence-corrected chi connectivity index (χ0v) is 11.7. The third kappa shape index (κ3) is 3.22. The highest BCUT2D eigenvalue weighted by Crippen LogP contribution is 2.22. The average molecular weight is 259 g/mol. The van der Waals surface area contributed by atoms with Crippen LogP contribution in [0.5, 0.6) is 0 Å². The number of benzene rings is 1. The van der Waals surface area contributed by atoms with E-state index in [0.29, 0.717) is 0 Å². The molecule has 0 aliphatic carbocycles. The fourth-order valence-corrected chi connectivity index (χ4v) is 2.33. The van der Waals surface area contributed by atoms with E-state index in [1.165, 1.54) is 5.56 Å². The molecule has 0 saturated carbocycles. The first kappa shape index (κ1) is 13.8. The van der Waals surface area contributed by atoms with Crippen molar-refractivity contribution in [2.45, 2.75) is 18.6 Å². The summed E-state index contributed by atoms with van der Waals surface area (Å²) in [6.07, 6.45) is 4.63. The number of imidazole rings is 1. The van der Waals surface area contributed by atoms with Gasteiger partial charge in [0.15, 0.2) is 0 Å². The van der Waals surface area contributed by atoms with Gasteiger partial charge in [-0.3, -0.25) is 0 Å². The Bertz CT molecular complexity index is 495. The number of nitrogens with zero attached hydrogens (tertiary/aromatic N) is 2. The summed E-state index contributed by atoms with van der Waals surface area (Å²) in [5, 5.41) is 3.34. The van der Waals surface area contributed by atoms with Gasteiger partial charge in [0.2, 0.25) is 0 Å². The van der Waals surface area contributed by atoms with E-state index in [9.17, 15) is 0 Å². The molecule has 0 radical (unpaired) electrons. The first-order valence-electron chi connectivity index (χ1n) is 6.47. The van der Waals surface area contributed by atoms with E-state index >= 15 is 0 Å².